The smallest absolute Gasteiger partial charge is 0.240 e. The SMILES string of the molecule is CCOc1ccccc1CCNS(=O)(=O)c1ccc(F)c(Cl)c1. The van der Waals surface area contributed by atoms with E-state index in [-0.39, 0.29) is 16.5 Å². The summed E-state index contributed by atoms with van der Waals surface area (Å²) in [5.41, 5.74) is 0.911. The van der Waals surface area contributed by atoms with Crippen LogP contribution in [0.25, 0.3) is 0 Å². The lowest BCUT2D eigenvalue weighted by atomic mass is 10.1. The Bertz CT molecular complexity index is 781. The van der Waals surface area contributed by atoms with E-state index in [0.29, 0.717) is 13.0 Å². The van der Waals surface area contributed by atoms with Crippen LogP contribution in [0.4, 0.5) is 4.39 Å². The zero-order valence-electron chi connectivity index (χ0n) is 12.6. The standard InChI is InChI=1S/C16H17ClFNO3S/c1-2-22-16-6-4-3-5-12(16)9-10-19-23(20,21)13-7-8-15(18)14(17)11-13/h3-8,11,19H,2,9-10H2,1H3. The van der Waals surface area contributed by atoms with Crippen LogP contribution in [0.2, 0.25) is 5.02 Å². The summed E-state index contributed by atoms with van der Waals surface area (Å²) in [6.45, 7) is 2.62. The first-order valence-electron chi connectivity index (χ1n) is 7.09. The van der Waals surface area contributed by atoms with Gasteiger partial charge in [0, 0.05) is 6.54 Å². The predicted molar refractivity (Wildman–Crippen MR) is 87.9 cm³/mol. The van der Waals surface area contributed by atoms with Crippen LogP contribution < -0.4 is 9.46 Å². The fourth-order valence-corrected chi connectivity index (χ4v) is 3.36. The third kappa shape index (κ3) is 4.67. The van der Waals surface area contributed by atoms with Crippen LogP contribution in [0.5, 0.6) is 5.75 Å². The van der Waals surface area contributed by atoms with Crippen molar-refractivity contribution in [1.29, 1.82) is 0 Å². The van der Waals surface area contributed by atoms with Crippen molar-refractivity contribution < 1.29 is 17.5 Å². The highest BCUT2D eigenvalue weighted by atomic mass is 35.5. The van der Waals surface area contributed by atoms with Crippen molar-refractivity contribution >= 4 is 21.6 Å². The first-order valence-corrected chi connectivity index (χ1v) is 8.95. The summed E-state index contributed by atoms with van der Waals surface area (Å²) in [6, 6.07) is 10.7. The third-order valence-electron chi connectivity index (χ3n) is 3.16. The largest absolute Gasteiger partial charge is 0.494 e. The molecule has 2 rings (SSSR count). The van der Waals surface area contributed by atoms with Crippen LogP contribution in [-0.2, 0) is 16.4 Å². The van der Waals surface area contributed by atoms with E-state index in [4.69, 9.17) is 16.3 Å². The maximum atomic E-state index is 13.1. The number of hydrogen-bond donors (Lipinski definition) is 1. The second kappa shape index (κ2) is 7.77. The lowest BCUT2D eigenvalue weighted by Crippen LogP contribution is -2.26. The second-order valence-corrected chi connectivity index (χ2v) is 6.94. The molecule has 0 aromatic heterocycles. The van der Waals surface area contributed by atoms with E-state index in [1.54, 1.807) is 0 Å². The van der Waals surface area contributed by atoms with Gasteiger partial charge in [-0.3, -0.25) is 0 Å². The van der Waals surface area contributed by atoms with Crippen LogP contribution in [0, 0.1) is 5.82 Å². The van der Waals surface area contributed by atoms with Crippen LogP contribution in [0.15, 0.2) is 47.4 Å². The van der Waals surface area contributed by atoms with Crippen LogP contribution in [0.1, 0.15) is 12.5 Å². The van der Waals surface area contributed by atoms with Crippen molar-refractivity contribution in [2.24, 2.45) is 0 Å². The van der Waals surface area contributed by atoms with Gasteiger partial charge in [-0.15, -0.1) is 0 Å². The van der Waals surface area contributed by atoms with E-state index in [0.717, 1.165) is 23.4 Å². The van der Waals surface area contributed by atoms with Crippen LogP contribution in [-0.4, -0.2) is 21.6 Å². The molecule has 0 bridgehead atoms. The molecular weight excluding hydrogens is 341 g/mol. The van der Waals surface area contributed by atoms with Gasteiger partial charge < -0.3 is 4.74 Å². The molecule has 0 aliphatic heterocycles. The number of rotatable bonds is 7. The lowest BCUT2D eigenvalue weighted by molar-refractivity contribution is 0.336. The molecule has 2 aromatic carbocycles. The number of para-hydroxylation sites is 1. The molecule has 0 amide bonds. The maximum Gasteiger partial charge on any atom is 0.240 e. The average molecular weight is 358 g/mol. The molecule has 1 N–H and O–H groups in total. The molecule has 4 nitrogen and oxygen atoms in total. The number of benzene rings is 2. The Hall–Kier alpha value is -1.63. The first kappa shape index (κ1) is 17.7. The Balaban J connectivity index is 2.04. The highest BCUT2D eigenvalue weighted by Crippen LogP contribution is 2.20. The zero-order valence-corrected chi connectivity index (χ0v) is 14.1. The van der Waals surface area contributed by atoms with Gasteiger partial charge in [-0.2, -0.15) is 0 Å². The molecule has 2 aromatic rings. The molecule has 0 radical (unpaired) electrons. The summed E-state index contributed by atoms with van der Waals surface area (Å²) >= 11 is 5.62. The summed E-state index contributed by atoms with van der Waals surface area (Å²) in [6.07, 6.45) is 0.477. The molecule has 0 heterocycles. The summed E-state index contributed by atoms with van der Waals surface area (Å²) in [7, 11) is -3.74. The molecule has 0 aliphatic rings. The van der Waals surface area contributed by atoms with Crippen molar-refractivity contribution in [2.75, 3.05) is 13.2 Å². The summed E-state index contributed by atoms with van der Waals surface area (Å²) in [5.74, 6) is 0.0790. The van der Waals surface area contributed by atoms with E-state index in [9.17, 15) is 12.8 Å². The Labute approximate surface area is 140 Å². The number of ether oxygens (including phenoxy) is 1. The normalized spacial score (nSPS) is 11.4. The summed E-state index contributed by atoms with van der Waals surface area (Å²) < 4.78 is 45.4. The van der Waals surface area contributed by atoms with Crippen molar-refractivity contribution in [3.05, 3.63) is 58.9 Å². The first-order chi connectivity index (χ1) is 10.9. The molecule has 0 aliphatic carbocycles. The van der Waals surface area contributed by atoms with Gasteiger partial charge in [-0.05, 0) is 43.2 Å². The van der Waals surface area contributed by atoms with Crippen molar-refractivity contribution in [3.8, 4) is 5.75 Å². The van der Waals surface area contributed by atoms with E-state index in [1.807, 2.05) is 31.2 Å². The lowest BCUT2D eigenvalue weighted by Gasteiger charge is -2.11. The van der Waals surface area contributed by atoms with Crippen LogP contribution in [0.3, 0.4) is 0 Å². The van der Waals surface area contributed by atoms with Crippen molar-refractivity contribution in [3.63, 3.8) is 0 Å². The number of hydrogen-bond acceptors (Lipinski definition) is 3. The molecule has 23 heavy (non-hydrogen) atoms. The topological polar surface area (TPSA) is 55.4 Å². The van der Waals surface area contributed by atoms with Gasteiger partial charge in [-0.25, -0.2) is 17.5 Å². The maximum absolute atomic E-state index is 13.1. The fraction of sp³-hybridized carbons (Fsp3) is 0.250. The van der Waals surface area contributed by atoms with Gasteiger partial charge in [0.05, 0.1) is 16.5 Å². The van der Waals surface area contributed by atoms with Gasteiger partial charge in [0.15, 0.2) is 0 Å². The molecule has 124 valence electrons. The van der Waals surface area contributed by atoms with Gasteiger partial charge in [0.25, 0.3) is 0 Å². The van der Waals surface area contributed by atoms with E-state index in [1.165, 1.54) is 6.07 Å². The molecule has 0 saturated heterocycles. The summed E-state index contributed by atoms with van der Waals surface area (Å²) in [4.78, 5) is -0.0676. The minimum Gasteiger partial charge on any atom is -0.494 e. The monoisotopic (exact) mass is 357 g/mol. The predicted octanol–water partition coefficient (Wildman–Crippen LogP) is 3.40. The Morgan fingerprint density at radius 3 is 2.65 bits per heavy atom. The molecule has 0 saturated carbocycles. The highest BCUT2D eigenvalue weighted by molar-refractivity contribution is 7.89. The van der Waals surface area contributed by atoms with E-state index >= 15 is 0 Å². The van der Waals surface area contributed by atoms with Gasteiger partial charge in [-0.1, -0.05) is 29.8 Å². The Kier molecular flexibility index (Phi) is 5.98. The Morgan fingerprint density at radius 2 is 1.96 bits per heavy atom. The molecule has 0 fully saturated rings. The van der Waals surface area contributed by atoms with E-state index in [2.05, 4.69) is 4.72 Å². The number of nitrogens with one attached hydrogen (secondary N) is 1. The number of halogens is 2. The van der Waals surface area contributed by atoms with Crippen molar-refractivity contribution in [1.82, 2.24) is 4.72 Å². The minimum absolute atomic E-state index is 0.0676. The minimum atomic E-state index is -3.74. The van der Waals surface area contributed by atoms with E-state index < -0.39 is 15.8 Å². The summed E-state index contributed by atoms with van der Waals surface area (Å²) in [5, 5.41) is -0.227. The second-order valence-electron chi connectivity index (χ2n) is 4.76. The molecule has 0 atom stereocenters. The highest BCUT2D eigenvalue weighted by Gasteiger charge is 2.15. The van der Waals surface area contributed by atoms with Gasteiger partial charge in [0.1, 0.15) is 11.6 Å². The average Bonchev–Trinajstić information content (AvgIpc) is 2.52. The van der Waals surface area contributed by atoms with Crippen molar-refractivity contribution in [2.45, 2.75) is 18.2 Å². The van der Waals surface area contributed by atoms with Gasteiger partial charge >= 0.3 is 0 Å². The van der Waals surface area contributed by atoms with Gasteiger partial charge in [0.2, 0.25) is 10.0 Å². The molecule has 0 unspecified atom stereocenters. The van der Waals surface area contributed by atoms with Crippen LogP contribution >= 0.6 is 11.6 Å². The third-order valence-corrected chi connectivity index (χ3v) is 4.91. The number of sulfonamides is 1. The quantitative estimate of drug-likeness (QED) is 0.826. The fourth-order valence-electron chi connectivity index (χ4n) is 2.05. The zero-order chi connectivity index (χ0) is 16.9. The molecule has 7 heteroatoms. The Morgan fingerprint density at radius 1 is 1.22 bits per heavy atom. The molecular formula is C16H17ClFNO3S. The molecule has 0 spiro atoms.